The highest BCUT2D eigenvalue weighted by atomic mass is 35.5. The smallest absolute Gasteiger partial charge is 0.258 e. The number of carbonyl (C=O) groups excluding carboxylic acids is 1. The van der Waals surface area contributed by atoms with Crippen molar-refractivity contribution < 1.29 is 14.3 Å². The lowest BCUT2D eigenvalue weighted by atomic mass is 10.0. The van der Waals surface area contributed by atoms with Gasteiger partial charge in [-0.15, -0.1) is 0 Å². The van der Waals surface area contributed by atoms with E-state index in [-0.39, 0.29) is 18.4 Å². The summed E-state index contributed by atoms with van der Waals surface area (Å²) in [5, 5.41) is 12.6. The van der Waals surface area contributed by atoms with E-state index >= 15 is 0 Å². The number of benzene rings is 1. The van der Waals surface area contributed by atoms with Gasteiger partial charge in [0.15, 0.2) is 6.61 Å². The zero-order chi connectivity index (χ0) is 15.2. The normalized spacial score (nSPS) is 18.8. The Hall–Kier alpha value is -1.48. The molecule has 0 unspecified atom stereocenters. The van der Waals surface area contributed by atoms with E-state index in [2.05, 4.69) is 11.4 Å². The molecule has 2 rings (SSSR count). The first-order chi connectivity index (χ1) is 10.1. The minimum absolute atomic E-state index is 0.0274. The molecular formula is C14H14Cl2N2O3. The summed E-state index contributed by atoms with van der Waals surface area (Å²) < 4.78 is 10.5. The summed E-state index contributed by atoms with van der Waals surface area (Å²) in [5.41, 5.74) is 0. The molecule has 0 aliphatic carbocycles. The van der Waals surface area contributed by atoms with Gasteiger partial charge in [0, 0.05) is 22.6 Å². The standard InChI is InChI=1S/C14H14Cl2N2O3/c15-10-3-11(16)5-12(4-10)21-8-14(19)18-13(6-17)9-1-2-20-7-9/h3-5,9,13H,1-2,7-8H2,(H,18,19)/t9-,13+/m1/s1. The van der Waals surface area contributed by atoms with Crippen molar-refractivity contribution in [2.75, 3.05) is 19.8 Å². The summed E-state index contributed by atoms with van der Waals surface area (Å²) in [4.78, 5) is 11.8. The van der Waals surface area contributed by atoms with Crippen molar-refractivity contribution in [3.63, 3.8) is 0 Å². The van der Waals surface area contributed by atoms with Crippen LogP contribution in [0, 0.1) is 17.2 Å². The van der Waals surface area contributed by atoms with E-state index in [9.17, 15) is 4.79 Å². The fraction of sp³-hybridized carbons (Fsp3) is 0.429. The second-order valence-electron chi connectivity index (χ2n) is 4.69. The first kappa shape index (κ1) is 15.9. The van der Waals surface area contributed by atoms with Gasteiger partial charge in [-0.3, -0.25) is 4.79 Å². The van der Waals surface area contributed by atoms with Crippen LogP contribution in [0.4, 0.5) is 0 Å². The van der Waals surface area contributed by atoms with Crippen LogP contribution in [0.15, 0.2) is 18.2 Å². The molecule has 0 saturated carbocycles. The molecule has 1 saturated heterocycles. The molecule has 1 amide bonds. The van der Waals surface area contributed by atoms with Crippen LogP contribution in [-0.4, -0.2) is 31.8 Å². The quantitative estimate of drug-likeness (QED) is 0.900. The second-order valence-corrected chi connectivity index (χ2v) is 5.56. The predicted molar refractivity (Wildman–Crippen MR) is 78.4 cm³/mol. The number of ether oxygens (including phenoxy) is 2. The summed E-state index contributed by atoms with van der Waals surface area (Å²) in [6.07, 6.45) is 0.767. The van der Waals surface area contributed by atoms with Crippen LogP contribution < -0.4 is 10.1 Å². The lowest BCUT2D eigenvalue weighted by molar-refractivity contribution is -0.123. The third-order valence-corrected chi connectivity index (χ3v) is 3.53. The summed E-state index contributed by atoms with van der Waals surface area (Å²) in [6.45, 7) is 0.905. The fourth-order valence-corrected chi connectivity index (χ4v) is 2.55. The SMILES string of the molecule is N#C[C@H](NC(=O)COc1cc(Cl)cc(Cl)c1)[C@@H]1CCOC1. The lowest BCUT2D eigenvalue weighted by Crippen LogP contribution is -2.41. The maximum atomic E-state index is 11.8. The van der Waals surface area contributed by atoms with Gasteiger partial charge >= 0.3 is 0 Å². The van der Waals surface area contributed by atoms with Crippen LogP contribution in [-0.2, 0) is 9.53 Å². The minimum atomic E-state index is -0.563. The van der Waals surface area contributed by atoms with Crippen LogP contribution in [0.2, 0.25) is 10.0 Å². The molecule has 1 aliphatic heterocycles. The van der Waals surface area contributed by atoms with Crippen LogP contribution in [0.25, 0.3) is 0 Å². The average molecular weight is 329 g/mol. The van der Waals surface area contributed by atoms with E-state index in [0.29, 0.717) is 29.0 Å². The van der Waals surface area contributed by atoms with E-state index in [1.807, 2.05) is 0 Å². The van der Waals surface area contributed by atoms with Crippen molar-refractivity contribution in [1.82, 2.24) is 5.32 Å². The Balaban J connectivity index is 1.85. The number of nitrogens with one attached hydrogen (secondary N) is 1. The molecule has 1 heterocycles. The van der Waals surface area contributed by atoms with E-state index in [0.717, 1.165) is 6.42 Å². The monoisotopic (exact) mass is 328 g/mol. The Morgan fingerprint density at radius 1 is 1.48 bits per heavy atom. The third-order valence-electron chi connectivity index (χ3n) is 3.10. The highest BCUT2D eigenvalue weighted by Gasteiger charge is 2.27. The van der Waals surface area contributed by atoms with Crippen LogP contribution in [0.3, 0.4) is 0 Å². The molecule has 1 aromatic carbocycles. The summed E-state index contributed by atoms with van der Waals surface area (Å²) in [6, 6.07) is 6.22. The van der Waals surface area contributed by atoms with Gasteiger partial charge in [-0.1, -0.05) is 23.2 Å². The maximum absolute atomic E-state index is 11.8. The van der Waals surface area contributed by atoms with Crippen molar-refractivity contribution in [2.45, 2.75) is 12.5 Å². The molecule has 5 nitrogen and oxygen atoms in total. The number of nitriles is 1. The first-order valence-electron chi connectivity index (χ1n) is 6.44. The first-order valence-corrected chi connectivity index (χ1v) is 7.19. The third kappa shape index (κ3) is 4.78. The summed E-state index contributed by atoms with van der Waals surface area (Å²) in [7, 11) is 0. The molecule has 1 N–H and O–H groups in total. The molecule has 2 atom stereocenters. The molecular weight excluding hydrogens is 315 g/mol. The van der Waals surface area contributed by atoms with Gasteiger partial charge in [-0.05, 0) is 24.6 Å². The average Bonchev–Trinajstić information content (AvgIpc) is 2.95. The Kier molecular flexibility index (Phi) is 5.68. The maximum Gasteiger partial charge on any atom is 0.258 e. The number of hydrogen-bond donors (Lipinski definition) is 1. The Morgan fingerprint density at radius 2 is 2.19 bits per heavy atom. The van der Waals surface area contributed by atoms with Gasteiger partial charge in [-0.2, -0.15) is 5.26 Å². The van der Waals surface area contributed by atoms with Gasteiger partial charge in [0.1, 0.15) is 11.8 Å². The zero-order valence-electron chi connectivity index (χ0n) is 11.1. The van der Waals surface area contributed by atoms with E-state index in [4.69, 9.17) is 37.9 Å². The molecule has 0 radical (unpaired) electrons. The number of rotatable bonds is 5. The summed E-state index contributed by atoms with van der Waals surface area (Å²) in [5.74, 6) is 0.0597. The number of hydrogen-bond acceptors (Lipinski definition) is 4. The van der Waals surface area contributed by atoms with Crippen molar-refractivity contribution in [3.8, 4) is 11.8 Å². The molecule has 0 aromatic heterocycles. The van der Waals surface area contributed by atoms with Gasteiger partial charge in [0.25, 0.3) is 5.91 Å². The lowest BCUT2D eigenvalue weighted by Gasteiger charge is -2.16. The Labute approximate surface area is 132 Å². The van der Waals surface area contributed by atoms with Gasteiger partial charge < -0.3 is 14.8 Å². The van der Waals surface area contributed by atoms with Crippen molar-refractivity contribution in [1.29, 1.82) is 5.26 Å². The molecule has 112 valence electrons. The van der Waals surface area contributed by atoms with Gasteiger partial charge in [-0.25, -0.2) is 0 Å². The molecule has 0 bridgehead atoms. The predicted octanol–water partition coefficient (Wildman–Crippen LogP) is 2.42. The Morgan fingerprint density at radius 3 is 2.76 bits per heavy atom. The number of halogens is 2. The van der Waals surface area contributed by atoms with Crippen LogP contribution in [0.1, 0.15) is 6.42 Å². The topological polar surface area (TPSA) is 71.4 Å². The van der Waals surface area contributed by atoms with Crippen LogP contribution in [0.5, 0.6) is 5.75 Å². The van der Waals surface area contributed by atoms with Crippen molar-refractivity contribution in [3.05, 3.63) is 28.2 Å². The minimum Gasteiger partial charge on any atom is -0.484 e. The highest BCUT2D eigenvalue weighted by Crippen LogP contribution is 2.24. The zero-order valence-corrected chi connectivity index (χ0v) is 12.7. The largest absolute Gasteiger partial charge is 0.484 e. The highest BCUT2D eigenvalue weighted by molar-refractivity contribution is 6.34. The van der Waals surface area contributed by atoms with Gasteiger partial charge in [0.05, 0.1) is 12.7 Å². The number of carbonyl (C=O) groups is 1. The van der Waals surface area contributed by atoms with E-state index < -0.39 is 6.04 Å². The van der Waals surface area contributed by atoms with Gasteiger partial charge in [0.2, 0.25) is 0 Å². The molecule has 0 spiro atoms. The molecule has 21 heavy (non-hydrogen) atoms. The molecule has 7 heteroatoms. The van der Waals surface area contributed by atoms with E-state index in [1.54, 1.807) is 18.2 Å². The second kappa shape index (κ2) is 7.51. The van der Waals surface area contributed by atoms with Crippen LogP contribution >= 0.6 is 23.2 Å². The fourth-order valence-electron chi connectivity index (χ4n) is 2.05. The number of nitrogens with zero attached hydrogens (tertiary/aromatic N) is 1. The van der Waals surface area contributed by atoms with E-state index in [1.165, 1.54) is 0 Å². The molecule has 1 aliphatic rings. The summed E-state index contributed by atoms with van der Waals surface area (Å²) >= 11 is 11.7. The Bertz CT molecular complexity index is 533. The molecule has 1 fully saturated rings. The molecule has 1 aromatic rings. The van der Waals surface area contributed by atoms with Crippen molar-refractivity contribution in [2.24, 2.45) is 5.92 Å². The number of amides is 1. The van der Waals surface area contributed by atoms with Crippen molar-refractivity contribution >= 4 is 29.1 Å².